The Balaban J connectivity index is 2.41. The van der Waals surface area contributed by atoms with Crippen LogP contribution >= 0.6 is 0 Å². The van der Waals surface area contributed by atoms with E-state index in [1.165, 1.54) is 36.7 Å². The maximum Gasteiger partial charge on any atom is 0.326 e. The van der Waals surface area contributed by atoms with Gasteiger partial charge in [0.1, 0.15) is 12.6 Å². The second-order valence-corrected chi connectivity index (χ2v) is 4.76. The third kappa shape index (κ3) is 7.56. The lowest BCUT2D eigenvalue weighted by Crippen LogP contribution is -2.35. The summed E-state index contributed by atoms with van der Waals surface area (Å²) in [5.74, 6) is -1.04. The molecular weight excluding hydrogens is 318 g/mol. The number of carbonyl (C=O) groups is 1. The summed E-state index contributed by atoms with van der Waals surface area (Å²) in [5, 5.41) is 22.5. The van der Waals surface area contributed by atoms with Crippen LogP contribution in [-0.2, 0) is 20.7 Å². The third-order valence-corrected chi connectivity index (χ3v) is 2.95. The van der Waals surface area contributed by atoms with Crippen molar-refractivity contribution in [2.45, 2.75) is 12.5 Å². The van der Waals surface area contributed by atoms with Gasteiger partial charge in [-0.1, -0.05) is 12.1 Å². The number of non-ortho nitro benzene ring substituents is 1. The van der Waals surface area contributed by atoms with Crippen LogP contribution in [0.3, 0.4) is 0 Å². The number of nitro groups is 1. The molecule has 0 fully saturated rings. The van der Waals surface area contributed by atoms with Crippen molar-refractivity contribution in [3.05, 3.63) is 52.4 Å². The number of carboxylic acid groups (broad SMARTS) is 1. The van der Waals surface area contributed by atoms with Crippen LogP contribution in [0.15, 0.2) is 36.7 Å². The summed E-state index contributed by atoms with van der Waals surface area (Å²) in [7, 11) is 0. The van der Waals surface area contributed by atoms with Gasteiger partial charge >= 0.3 is 5.97 Å². The van der Waals surface area contributed by atoms with Gasteiger partial charge in [-0.05, 0) is 5.56 Å². The van der Waals surface area contributed by atoms with Gasteiger partial charge in [-0.2, -0.15) is 0 Å². The SMILES string of the molecule is NCCOCCOC=CNC(Cc1ccc([N+](=O)[O-])cc1)C(=O)O. The Morgan fingerprint density at radius 1 is 1.33 bits per heavy atom. The number of rotatable bonds is 12. The van der Waals surface area contributed by atoms with Crippen LogP contribution in [0.5, 0.6) is 0 Å². The van der Waals surface area contributed by atoms with E-state index in [2.05, 4.69) is 5.32 Å². The maximum atomic E-state index is 11.2. The number of hydrogen-bond acceptors (Lipinski definition) is 7. The Kier molecular flexibility index (Phi) is 8.87. The highest BCUT2D eigenvalue weighted by Gasteiger charge is 2.16. The predicted molar refractivity (Wildman–Crippen MR) is 86.3 cm³/mol. The topological polar surface area (TPSA) is 137 Å². The van der Waals surface area contributed by atoms with E-state index in [9.17, 15) is 20.0 Å². The number of nitro benzene ring substituents is 1. The van der Waals surface area contributed by atoms with Crippen LogP contribution in [0.2, 0.25) is 0 Å². The first-order valence-electron chi connectivity index (χ1n) is 7.31. The van der Waals surface area contributed by atoms with Crippen LogP contribution in [0.4, 0.5) is 5.69 Å². The highest BCUT2D eigenvalue weighted by Crippen LogP contribution is 2.13. The summed E-state index contributed by atoms with van der Waals surface area (Å²) in [6, 6.07) is 4.87. The van der Waals surface area contributed by atoms with Gasteiger partial charge in [0, 0.05) is 31.3 Å². The number of carboxylic acids is 1. The monoisotopic (exact) mass is 339 g/mol. The molecule has 0 aliphatic heterocycles. The largest absolute Gasteiger partial charge is 0.497 e. The lowest BCUT2D eigenvalue weighted by Gasteiger charge is -2.12. The van der Waals surface area contributed by atoms with Crippen LogP contribution in [0.25, 0.3) is 0 Å². The molecule has 0 saturated heterocycles. The van der Waals surface area contributed by atoms with Crippen molar-refractivity contribution in [1.29, 1.82) is 0 Å². The quantitative estimate of drug-likeness (QED) is 0.218. The minimum atomic E-state index is -1.04. The zero-order chi connectivity index (χ0) is 17.8. The molecule has 0 radical (unpaired) electrons. The molecule has 0 spiro atoms. The minimum Gasteiger partial charge on any atom is -0.497 e. The normalized spacial score (nSPS) is 12.0. The number of hydrogen-bond donors (Lipinski definition) is 3. The van der Waals surface area contributed by atoms with Gasteiger partial charge < -0.3 is 25.6 Å². The van der Waals surface area contributed by atoms with Crippen LogP contribution in [-0.4, -0.2) is 48.4 Å². The summed E-state index contributed by atoms with van der Waals surface area (Å²) in [6.07, 6.45) is 2.92. The molecule has 9 heteroatoms. The number of nitrogens with one attached hydrogen (secondary N) is 1. The van der Waals surface area contributed by atoms with Crippen molar-refractivity contribution in [2.75, 3.05) is 26.4 Å². The molecular formula is C15H21N3O6. The molecule has 0 aliphatic carbocycles. The molecule has 1 unspecified atom stereocenters. The van der Waals surface area contributed by atoms with E-state index in [0.717, 1.165) is 0 Å². The lowest BCUT2D eigenvalue weighted by atomic mass is 10.1. The van der Waals surface area contributed by atoms with E-state index in [-0.39, 0.29) is 12.1 Å². The number of benzene rings is 1. The first-order chi connectivity index (χ1) is 11.5. The molecule has 0 heterocycles. The molecule has 0 aliphatic rings. The first kappa shape index (κ1) is 19.4. The Hall–Kier alpha value is -2.65. The van der Waals surface area contributed by atoms with E-state index >= 15 is 0 Å². The van der Waals surface area contributed by atoms with Crippen molar-refractivity contribution < 1.29 is 24.3 Å². The fraction of sp³-hybridized carbons (Fsp3) is 0.400. The average Bonchev–Trinajstić information content (AvgIpc) is 2.56. The maximum absolute atomic E-state index is 11.2. The molecule has 4 N–H and O–H groups in total. The summed E-state index contributed by atoms with van der Waals surface area (Å²) >= 11 is 0. The van der Waals surface area contributed by atoms with E-state index in [1.807, 2.05) is 0 Å². The van der Waals surface area contributed by atoms with E-state index in [4.69, 9.17) is 15.2 Å². The summed E-state index contributed by atoms with van der Waals surface area (Å²) < 4.78 is 10.2. The van der Waals surface area contributed by atoms with Crippen LogP contribution in [0, 0.1) is 10.1 Å². The highest BCUT2D eigenvalue weighted by atomic mass is 16.6. The second kappa shape index (κ2) is 11.0. The average molecular weight is 339 g/mol. The van der Waals surface area contributed by atoms with Crippen molar-refractivity contribution >= 4 is 11.7 Å². The number of aliphatic carboxylic acids is 1. The van der Waals surface area contributed by atoms with Gasteiger partial charge in [0.15, 0.2) is 0 Å². The van der Waals surface area contributed by atoms with Gasteiger partial charge in [0.25, 0.3) is 5.69 Å². The molecule has 1 aromatic carbocycles. The Bertz CT molecular complexity index is 547. The second-order valence-electron chi connectivity index (χ2n) is 4.76. The van der Waals surface area contributed by atoms with E-state index < -0.39 is 16.9 Å². The summed E-state index contributed by atoms with van der Waals surface area (Å²) in [5.41, 5.74) is 5.89. The molecule has 0 amide bonds. The third-order valence-electron chi connectivity index (χ3n) is 2.95. The van der Waals surface area contributed by atoms with Gasteiger partial charge in [-0.3, -0.25) is 10.1 Å². The van der Waals surface area contributed by atoms with Crippen molar-refractivity contribution in [3.8, 4) is 0 Å². The van der Waals surface area contributed by atoms with Gasteiger partial charge in [-0.15, -0.1) is 0 Å². The summed E-state index contributed by atoms with van der Waals surface area (Å²) in [6.45, 7) is 1.63. The Morgan fingerprint density at radius 3 is 2.62 bits per heavy atom. The zero-order valence-corrected chi connectivity index (χ0v) is 13.1. The number of nitrogens with zero attached hydrogens (tertiary/aromatic N) is 1. The molecule has 1 atom stereocenters. The molecule has 24 heavy (non-hydrogen) atoms. The van der Waals surface area contributed by atoms with Gasteiger partial charge in [0.2, 0.25) is 0 Å². The highest BCUT2D eigenvalue weighted by molar-refractivity contribution is 5.74. The van der Waals surface area contributed by atoms with E-state index in [1.54, 1.807) is 0 Å². The Morgan fingerprint density at radius 2 is 2.04 bits per heavy atom. The molecule has 9 nitrogen and oxygen atoms in total. The summed E-state index contributed by atoms with van der Waals surface area (Å²) in [4.78, 5) is 21.3. The minimum absolute atomic E-state index is 0.0382. The van der Waals surface area contributed by atoms with Crippen LogP contribution in [0.1, 0.15) is 5.56 Å². The molecule has 1 aromatic rings. The van der Waals surface area contributed by atoms with Crippen molar-refractivity contribution in [1.82, 2.24) is 5.32 Å². The van der Waals surface area contributed by atoms with Crippen molar-refractivity contribution in [2.24, 2.45) is 5.73 Å². The smallest absolute Gasteiger partial charge is 0.326 e. The van der Waals surface area contributed by atoms with Gasteiger partial charge in [-0.25, -0.2) is 4.79 Å². The molecule has 1 rings (SSSR count). The lowest BCUT2D eigenvalue weighted by molar-refractivity contribution is -0.384. The molecule has 132 valence electrons. The van der Waals surface area contributed by atoms with Crippen LogP contribution < -0.4 is 11.1 Å². The van der Waals surface area contributed by atoms with E-state index in [0.29, 0.717) is 31.9 Å². The van der Waals surface area contributed by atoms with Gasteiger partial charge in [0.05, 0.1) is 24.4 Å². The number of ether oxygens (including phenoxy) is 2. The van der Waals surface area contributed by atoms with Crippen molar-refractivity contribution in [3.63, 3.8) is 0 Å². The molecule has 0 saturated carbocycles. The number of nitrogens with two attached hydrogens (primary N) is 1. The molecule has 0 aromatic heterocycles. The first-order valence-corrected chi connectivity index (χ1v) is 7.31. The Labute approximate surface area is 139 Å². The molecule has 0 bridgehead atoms. The fourth-order valence-corrected chi connectivity index (χ4v) is 1.77. The standard InChI is InChI=1S/C15H21N3O6/c16-5-7-23-9-10-24-8-6-17-14(15(19)20)11-12-1-3-13(4-2-12)18(21)22/h1-4,6,8,14,17H,5,7,9-11,16H2,(H,19,20). The predicted octanol–water partition coefficient (Wildman–Crippen LogP) is 0.643. The fourth-order valence-electron chi connectivity index (χ4n) is 1.77. The zero-order valence-electron chi connectivity index (χ0n) is 13.1.